The number of nitrogens with one attached hydrogen (secondary N) is 1. The maximum atomic E-state index is 12.3. The summed E-state index contributed by atoms with van der Waals surface area (Å²) < 4.78 is 4.62. The molecule has 1 aromatic heterocycles. The highest BCUT2D eigenvalue weighted by Gasteiger charge is 2.12. The van der Waals surface area contributed by atoms with E-state index < -0.39 is 5.97 Å². The molecule has 2 rings (SSSR count). The van der Waals surface area contributed by atoms with Gasteiger partial charge >= 0.3 is 5.97 Å². The van der Waals surface area contributed by atoms with Gasteiger partial charge in [0.2, 0.25) is 0 Å². The molecular formula is C16H17N3O3. The number of methoxy groups -OCH3 is 1. The fraction of sp³-hybridized carbons (Fsp3) is 0.188. The molecule has 1 N–H and O–H groups in total. The van der Waals surface area contributed by atoms with Gasteiger partial charge in [-0.3, -0.25) is 4.79 Å². The lowest BCUT2D eigenvalue weighted by Gasteiger charge is -2.16. The van der Waals surface area contributed by atoms with Crippen molar-refractivity contribution < 1.29 is 14.3 Å². The molecule has 1 amide bonds. The van der Waals surface area contributed by atoms with Crippen molar-refractivity contribution in [1.82, 2.24) is 4.98 Å². The number of esters is 1. The van der Waals surface area contributed by atoms with Crippen LogP contribution in [0.5, 0.6) is 0 Å². The third kappa shape index (κ3) is 3.41. The zero-order chi connectivity index (χ0) is 16.1. The Morgan fingerprint density at radius 1 is 1.09 bits per heavy atom. The van der Waals surface area contributed by atoms with Crippen LogP contribution in [0.2, 0.25) is 0 Å². The molecule has 0 aliphatic carbocycles. The summed E-state index contributed by atoms with van der Waals surface area (Å²) in [6.45, 7) is 0. The molecule has 0 aliphatic heterocycles. The molecule has 114 valence electrons. The van der Waals surface area contributed by atoms with Crippen molar-refractivity contribution >= 4 is 23.4 Å². The van der Waals surface area contributed by atoms with Crippen LogP contribution in [0.15, 0.2) is 42.6 Å². The third-order valence-electron chi connectivity index (χ3n) is 3.03. The summed E-state index contributed by atoms with van der Waals surface area (Å²) in [5.41, 5.74) is 1.46. The van der Waals surface area contributed by atoms with E-state index in [0.29, 0.717) is 22.6 Å². The summed E-state index contributed by atoms with van der Waals surface area (Å²) in [7, 11) is 5.01. The van der Waals surface area contributed by atoms with Gasteiger partial charge in [-0.15, -0.1) is 0 Å². The van der Waals surface area contributed by atoms with Crippen LogP contribution in [-0.4, -0.2) is 38.1 Å². The number of amides is 1. The maximum Gasteiger partial charge on any atom is 0.337 e. The molecule has 1 aromatic carbocycles. The lowest BCUT2D eigenvalue weighted by molar-refractivity contribution is 0.0600. The second kappa shape index (κ2) is 6.71. The van der Waals surface area contributed by atoms with E-state index in [1.165, 1.54) is 7.11 Å². The van der Waals surface area contributed by atoms with E-state index in [-0.39, 0.29) is 5.91 Å². The molecule has 2 aromatic rings. The fourth-order valence-corrected chi connectivity index (χ4v) is 1.92. The van der Waals surface area contributed by atoms with Crippen LogP contribution in [0.4, 0.5) is 11.5 Å². The van der Waals surface area contributed by atoms with Crippen LogP contribution in [-0.2, 0) is 4.74 Å². The Morgan fingerprint density at radius 3 is 2.32 bits per heavy atom. The Balaban J connectivity index is 2.18. The van der Waals surface area contributed by atoms with Gasteiger partial charge in [-0.2, -0.15) is 0 Å². The number of nitrogens with zero attached hydrogens (tertiary/aromatic N) is 2. The van der Waals surface area contributed by atoms with Gasteiger partial charge in [0, 0.05) is 25.9 Å². The van der Waals surface area contributed by atoms with Crippen LogP contribution in [0, 0.1) is 0 Å². The van der Waals surface area contributed by atoms with Gasteiger partial charge in [0.25, 0.3) is 5.91 Å². The van der Waals surface area contributed by atoms with Gasteiger partial charge in [-0.25, -0.2) is 9.78 Å². The summed E-state index contributed by atoms with van der Waals surface area (Å²) in [5, 5.41) is 2.81. The minimum atomic E-state index is -0.436. The SMILES string of the molecule is COC(=O)c1ccc(C(=O)Nc2cccnc2N(C)C)cc1. The molecule has 0 fully saturated rings. The number of carbonyl (C=O) groups excluding carboxylic acids is 2. The molecule has 6 nitrogen and oxygen atoms in total. The van der Waals surface area contributed by atoms with Crippen molar-refractivity contribution in [3.63, 3.8) is 0 Å². The molecule has 22 heavy (non-hydrogen) atoms. The van der Waals surface area contributed by atoms with Crippen LogP contribution >= 0.6 is 0 Å². The largest absolute Gasteiger partial charge is 0.465 e. The van der Waals surface area contributed by atoms with Crippen molar-refractivity contribution in [1.29, 1.82) is 0 Å². The zero-order valence-corrected chi connectivity index (χ0v) is 12.7. The van der Waals surface area contributed by atoms with Crippen LogP contribution < -0.4 is 10.2 Å². The smallest absolute Gasteiger partial charge is 0.337 e. The highest BCUT2D eigenvalue weighted by atomic mass is 16.5. The molecule has 6 heteroatoms. The Labute approximate surface area is 128 Å². The predicted molar refractivity (Wildman–Crippen MR) is 84.3 cm³/mol. The van der Waals surface area contributed by atoms with E-state index in [1.54, 1.807) is 42.6 Å². The van der Waals surface area contributed by atoms with E-state index in [1.807, 2.05) is 19.0 Å². The Morgan fingerprint density at radius 2 is 1.73 bits per heavy atom. The molecule has 1 heterocycles. The molecule has 0 unspecified atom stereocenters. The van der Waals surface area contributed by atoms with Crippen molar-refractivity contribution in [3.8, 4) is 0 Å². The highest BCUT2D eigenvalue weighted by molar-refractivity contribution is 6.06. The number of carbonyl (C=O) groups is 2. The van der Waals surface area contributed by atoms with Gasteiger partial charge in [0.05, 0.1) is 18.4 Å². The average Bonchev–Trinajstić information content (AvgIpc) is 2.54. The molecule has 0 spiro atoms. The molecule has 0 atom stereocenters. The van der Waals surface area contributed by atoms with Crippen molar-refractivity contribution in [2.24, 2.45) is 0 Å². The number of rotatable bonds is 4. The van der Waals surface area contributed by atoms with E-state index in [2.05, 4.69) is 15.0 Å². The minimum absolute atomic E-state index is 0.271. The number of anilines is 2. The predicted octanol–water partition coefficient (Wildman–Crippen LogP) is 2.19. The molecule has 0 aliphatic rings. The number of hydrogen-bond acceptors (Lipinski definition) is 5. The monoisotopic (exact) mass is 299 g/mol. The van der Waals surface area contributed by atoms with Crippen molar-refractivity contribution in [2.45, 2.75) is 0 Å². The number of ether oxygens (including phenoxy) is 1. The first-order chi connectivity index (χ1) is 10.5. The first-order valence-corrected chi connectivity index (χ1v) is 6.65. The Kier molecular flexibility index (Phi) is 4.73. The lowest BCUT2D eigenvalue weighted by atomic mass is 10.1. The van der Waals surface area contributed by atoms with Gasteiger partial charge in [0.15, 0.2) is 5.82 Å². The Hall–Kier alpha value is -2.89. The molecular weight excluding hydrogens is 282 g/mol. The summed E-state index contributed by atoms with van der Waals surface area (Å²) in [6, 6.07) is 9.79. The van der Waals surface area contributed by atoms with Gasteiger partial charge < -0.3 is 15.0 Å². The van der Waals surface area contributed by atoms with Crippen molar-refractivity contribution in [3.05, 3.63) is 53.7 Å². The summed E-state index contributed by atoms with van der Waals surface area (Å²) in [4.78, 5) is 29.7. The maximum absolute atomic E-state index is 12.3. The van der Waals surface area contributed by atoms with Crippen LogP contribution in [0.1, 0.15) is 20.7 Å². The topological polar surface area (TPSA) is 71.5 Å². The first-order valence-electron chi connectivity index (χ1n) is 6.65. The highest BCUT2D eigenvalue weighted by Crippen LogP contribution is 2.21. The summed E-state index contributed by atoms with van der Waals surface area (Å²) >= 11 is 0. The quantitative estimate of drug-likeness (QED) is 0.876. The standard InChI is InChI=1S/C16H17N3O3/c1-19(2)14-13(5-4-10-17-14)18-15(20)11-6-8-12(9-7-11)16(21)22-3/h4-10H,1-3H3,(H,18,20). The number of benzene rings is 1. The van der Waals surface area contributed by atoms with Crippen molar-refractivity contribution in [2.75, 3.05) is 31.4 Å². The van der Waals surface area contributed by atoms with Gasteiger partial charge in [-0.1, -0.05) is 0 Å². The summed E-state index contributed by atoms with van der Waals surface area (Å²) in [6.07, 6.45) is 1.66. The molecule has 0 saturated carbocycles. The van der Waals surface area contributed by atoms with Gasteiger partial charge in [0.1, 0.15) is 0 Å². The molecule has 0 saturated heterocycles. The molecule has 0 bridgehead atoms. The van der Waals surface area contributed by atoms with Gasteiger partial charge in [-0.05, 0) is 36.4 Å². The third-order valence-corrected chi connectivity index (χ3v) is 3.03. The van der Waals surface area contributed by atoms with Crippen LogP contribution in [0.25, 0.3) is 0 Å². The molecule has 0 radical (unpaired) electrons. The average molecular weight is 299 g/mol. The number of hydrogen-bond donors (Lipinski definition) is 1. The minimum Gasteiger partial charge on any atom is -0.465 e. The van der Waals surface area contributed by atoms with E-state index in [9.17, 15) is 9.59 Å². The number of aromatic nitrogens is 1. The number of pyridine rings is 1. The van der Waals surface area contributed by atoms with E-state index >= 15 is 0 Å². The second-order valence-corrected chi connectivity index (χ2v) is 4.79. The fourth-order valence-electron chi connectivity index (χ4n) is 1.92. The lowest BCUT2D eigenvalue weighted by Crippen LogP contribution is -2.17. The van der Waals surface area contributed by atoms with E-state index in [4.69, 9.17) is 0 Å². The first kappa shape index (κ1) is 15.5. The second-order valence-electron chi connectivity index (χ2n) is 4.79. The van der Waals surface area contributed by atoms with Crippen LogP contribution in [0.3, 0.4) is 0 Å². The Bertz CT molecular complexity index is 681. The normalized spacial score (nSPS) is 9.95. The summed E-state index contributed by atoms with van der Waals surface area (Å²) in [5.74, 6) is -0.0383. The zero-order valence-electron chi connectivity index (χ0n) is 12.7. The van der Waals surface area contributed by atoms with E-state index in [0.717, 1.165) is 0 Å².